The topological polar surface area (TPSA) is 58.6 Å². The molecule has 2 atom stereocenters. The third-order valence-electron chi connectivity index (χ3n) is 4.20. The van der Waals surface area contributed by atoms with E-state index in [2.05, 4.69) is 5.32 Å². The zero-order chi connectivity index (χ0) is 18.6. The monoisotopic (exact) mass is 369 g/mol. The number of carbonyl (C=O) groups is 1. The van der Waals surface area contributed by atoms with Gasteiger partial charge >= 0.3 is 5.97 Å². The minimum absolute atomic E-state index is 0.496. The first-order valence-electron chi connectivity index (χ1n) is 8.33. The molecule has 4 nitrogen and oxygen atoms in total. The molecule has 0 saturated carbocycles. The Hall–Kier alpha value is -2.72. The molecule has 2 aromatic carbocycles. The van der Waals surface area contributed by atoms with Crippen molar-refractivity contribution >= 4 is 17.6 Å². The maximum atomic E-state index is 11.6. The molecule has 0 radical (unpaired) electrons. The van der Waals surface area contributed by atoms with Crippen molar-refractivity contribution < 1.29 is 14.6 Å². The minimum Gasteiger partial charge on any atom is -0.483 e. The van der Waals surface area contributed by atoms with Gasteiger partial charge in [0.05, 0.1) is 0 Å². The molecule has 0 amide bonds. The van der Waals surface area contributed by atoms with Gasteiger partial charge in [-0.3, -0.25) is 0 Å². The van der Waals surface area contributed by atoms with E-state index in [1.165, 1.54) is 0 Å². The van der Waals surface area contributed by atoms with E-state index in [1.807, 2.05) is 55.5 Å². The smallest absolute Gasteiger partial charge is 0.330 e. The molecule has 5 heteroatoms. The molecule has 26 heavy (non-hydrogen) atoms. The van der Waals surface area contributed by atoms with Gasteiger partial charge in [-0.2, -0.15) is 0 Å². The van der Waals surface area contributed by atoms with E-state index in [1.54, 1.807) is 24.3 Å². The van der Waals surface area contributed by atoms with Gasteiger partial charge in [0.15, 0.2) is 6.04 Å². The largest absolute Gasteiger partial charge is 0.483 e. The summed E-state index contributed by atoms with van der Waals surface area (Å²) in [5.74, 6) is -0.185. The molecule has 0 heterocycles. The molecule has 1 aliphatic rings. The van der Waals surface area contributed by atoms with Crippen molar-refractivity contribution in [2.75, 3.05) is 0 Å². The fourth-order valence-electron chi connectivity index (χ4n) is 2.77. The molecular formula is C21H20ClNO3. The van der Waals surface area contributed by atoms with E-state index in [0.29, 0.717) is 17.0 Å². The van der Waals surface area contributed by atoms with Crippen LogP contribution in [-0.2, 0) is 4.79 Å². The van der Waals surface area contributed by atoms with Crippen LogP contribution in [0.1, 0.15) is 24.9 Å². The molecule has 0 bridgehead atoms. The summed E-state index contributed by atoms with van der Waals surface area (Å²) in [7, 11) is 0. The minimum atomic E-state index is -0.920. The van der Waals surface area contributed by atoms with Crippen LogP contribution < -0.4 is 10.1 Å². The molecule has 2 N–H and O–H groups in total. The van der Waals surface area contributed by atoms with Crippen LogP contribution in [0.3, 0.4) is 0 Å². The number of carboxylic acids is 1. The Morgan fingerprint density at radius 3 is 2.46 bits per heavy atom. The Labute approximate surface area is 157 Å². The molecule has 134 valence electrons. The SMILES string of the molecule is CC1(Oc2ccc(Cl)cc2)C=CC(N[C@H](C(=O)O)c2ccccc2)=CC1. The number of allylic oxidation sites excluding steroid dienone is 1. The second kappa shape index (κ2) is 7.67. The number of benzene rings is 2. The van der Waals surface area contributed by atoms with Crippen molar-refractivity contribution in [3.63, 3.8) is 0 Å². The average molecular weight is 370 g/mol. The summed E-state index contributed by atoms with van der Waals surface area (Å²) >= 11 is 5.90. The number of aliphatic carboxylic acids is 1. The van der Waals surface area contributed by atoms with Crippen molar-refractivity contribution in [3.8, 4) is 5.75 Å². The van der Waals surface area contributed by atoms with Gasteiger partial charge in [0, 0.05) is 17.1 Å². The fraction of sp³-hybridized carbons (Fsp3) is 0.190. The normalized spacial score (nSPS) is 20.2. The zero-order valence-corrected chi connectivity index (χ0v) is 15.1. The maximum Gasteiger partial charge on any atom is 0.330 e. The third kappa shape index (κ3) is 4.46. The molecule has 0 fully saturated rings. The summed E-state index contributed by atoms with van der Waals surface area (Å²) in [4.78, 5) is 11.6. The summed E-state index contributed by atoms with van der Waals surface area (Å²) in [5, 5.41) is 13.3. The van der Waals surface area contributed by atoms with Crippen LogP contribution in [0.25, 0.3) is 0 Å². The van der Waals surface area contributed by atoms with Crippen molar-refractivity contribution in [1.29, 1.82) is 0 Å². The van der Waals surface area contributed by atoms with Crippen LogP contribution in [-0.4, -0.2) is 16.7 Å². The van der Waals surface area contributed by atoms with Gasteiger partial charge in [-0.25, -0.2) is 4.79 Å². The fourth-order valence-corrected chi connectivity index (χ4v) is 2.90. The van der Waals surface area contributed by atoms with Gasteiger partial charge in [0.1, 0.15) is 11.4 Å². The summed E-state index contributed by atoms with van der Waals surface area (Å²) in [6.45, 7) is 1.98. The molecule has 1 aliphatic carbocycles. The number of carboxylic acid groups (broad SMARTS) is 1. The Kier molecular flexibility index (Phi) is 5.33. The highest BCUT2D eigenvalue weighted by Gasteiger charge is 2.26. The summed E-state index contributed by atoms with van der Waals surface area (Å²) in [6.07, 6.45) is 6.37. The Morgan fingerprint density at radius 1 is 1.19 bits per heavy atom. The van der Waals surface area contributed by atoms with E-state index in [0.717, 1.165) is 11.4 Å². The zero-order valence-electron chi connectivity index (χ0n) is 14.4. The number of rotatable bonds is 6. The number of hydrogen-bond acceptors (Lipinski definition) is 3. The predicted molar refractivity (Wildman–Crippen MR) is 102 cm³/mol. The summed E-state index contributed by atoms with van der Waals surface area (Å²) in [5.41, 5.74) is 0.975. The molecular weight excluding hydrogens is 350 g/mol. The highest BCUT2D eigenvalue weighted by molar-refractivity contribution is 6.30. The molecule has 1 unspecified atom stereocenters. The van der Waals surface area contributed by atoms with Gasteiger partial charge in [-0.1, -0.05) is 48.0 Å². The summed E-state index contributed by atoms with van der Waals surface area (Å²) in [6, 6.07) is 15.5. The molecule has 0 aliphatic heterocycles. The van der Waals surface area contributed by atoms with E-state index < -0.39 is 17.6 Å². The van der Waals surface area contributed by atoms with Gasteiger partial charge in [0.2, 0.25) is 0 Å². The first-order chi connectivity index (χ1) is 12.5. The van der Waals surface area contributed by atoms with E-state index in [-0.39, 0.29) is 0 Å². The molecule has 0 saturated heterocycles. The third-order valence-corrected chi connectivity index (χ3v) is 4.45. The van der Waals surface area contributed by atoms with Crippen LogP contribution in [0, 0.1) is 0 Å². The van der Waals surface area contributed by atoms with Crippen molar-refractivity contribution in [2.45, 2.75) is 25.0 Å². The maximum absolute atomic E-state index is 11.6. The van der Waals surface area contributed by atoms with Gasteiger partial charge in [-0.15, -0.1) is 0 Å². The van der Waals surface area contributed by atoms with E-state index in [4.69, 9.17) is 16.3 Å². The lowest BCUT2D eigenvalue weighted by Crippen LogP contribution is -2.33. The lowest BCUT2D eigenvalue weighted by Gasteiger charge is -2.30. The highest BCUT2D eigenvalue weighted by Crippen LogP contribution is 2.28. The number of nitrogens with one attached hydrogen (secondary N) is 1. The predicted octanol–water partition coefficient (Wildman–Crippen LogP) is 4.74. The molecule has 3 rings (SSSR count). The lowest BCUT2D eigenvalue weighted by molar-refractivity contribution is -0.139. The first-order valence-corrected chi connectivity index (χ1v) is 8.71. The van der Waals surface area contributed by atoms with Crippen LogP contribution in [0.5, 0.6) is 5.75 Å². The Balaban J connectivity index is 1.68. The van der Waals surface area contributed by atoms with E-state index in [9.17, 15) is 9.90 Å². The number of hydrogen-bond donors (Lipinski definition) is 2. The summed E-state index contributed by atoms with van der Waals surface area (Å²) < 4.78 is 6.05. The van der Waals surface area contributed by atoms with Gasteiger partial charge in [-0.05, 0) is 48.9 Å². The molecule has 2 aromatic rings. The second-order valence-corrected chi connectivity index (χ2v) is 6.83. The lowest BCUT2D eigenvalue weighted by atomic mass is 9.95. The molecule has 0 spiro atoms. The number of ether oxygens (including phenoxy) is 1. The standard InChI is InChI=1S/C21H20ClNO3/c1-21(26-18-9-7-16(22)8-10-18)13-11-17(12-14-21)23-19(20(24)25)15-5-3-2-4-6-15/h2-13,19,23H,14H2,1H3,(H,24,25)/t19-,21?/m0/s1. The quantitative estimate of drug-likeness (QED) is 0.772. The van der Waals surface area contributed by atoms with Crippen molar-refractivity contribution in [1.82, 2.24) is 5.32 Å². The van der Waals surface area contributed by atoms with Crippen molar-refractivity contribution in [3.05, 3.63) is 89.1 Å². The number of halogens is 1. The Bertz CT molecular complexity index is 830. The van der Waals surface area contributed by atoms with Crippen LogP contribution in [0.2, 0.25) is 5.02 Å². The van der Waals surface area contributed by atoms with Gasteiger partial charge in [0.25, 0.3) is 0 Å². The van der Waals surface area contributed by atoms with Crippen LogP contribution in [0.4, 0.5) is 0 Å². The average Bonchev–Trinajstić information content (AvgIpc) is 2.64. The first kappa shape index (κ1) is 18.1. The van der Waals surface area contributed by atoms with Gasteiger partial charge < -0.3 is 15.2 Å². The Morgan fingerprint density at radius 2 is 1.88 bits per heavy atom. The van der Waals surface area contributed by atoms with Crippen LogP contribution >= 0.6 is 11.6 Å². The van der Waals surface area contributed by atoms with Crippen LogP contribution in [0.15, 0.2) is 78.5 Å². The second-order valence-electron chi connectivity index (χ2n) is 6.39. The highest BCUT2D eigenvalue weighted by atomic mass is 35.5. The van der Waals surface area contributed by atoms with E-state index >= 15 is 0 Å². The van der Waals surface area contributed by atoms with Crippen molar-refractivity contribution in [2.24, 2.45) is 0 Å². The molecule has 0 aromatic heterocycles.